The Morgan fingerprint density at radius 1 is 1.20 bits per heavy atom. The van der Waals surface area contributed by atoms with Crippen molar-refractivity contribution in [3.63, 3.8) is 0 Å². The highest BCUT2D eigenvalue weighted by Gasteiger charge is 2.20. The summed E-state index contributed by atoms with van der Waals surface area (Å²) in [5.41, 5.74) is 6.22. The molecule has 8 heteroatoms. The second-order valence-corrected chi connectivity index (χ2v) is 9.22. The first-order valence-corrected chi connectivity index (χ1v) is 11.8. The van der Waals surface area contributed by atoms with Crippen LogP contribution < -0.4 is 10.1 Å². The number of aryl methyl sites for hydroxylation is 3. The number of aromatic nitrogens is 3. The van der Waals surface area contributed by atoms with Crippen molar-refractivity contribution < 1.29 is 14.6 Å². The maximum atomic E-state index is 12.1. The number of benzene rings is 2. The van der Waals surface area contributed by atoms with Gasteiger partial charge in [-0.05, 0) is 63.1 Å². The summed E-state index contributed by atoms with van der Waals surface area (Å²) < 4.78 is 8.13. The fourth-order valence-electron chi connectivity index (χ4n) is 4.22. The zero-order valence-corrected chi connectivity index (χ0v) is 21.2. The van der Waals surface area contributed by atoms with Crippen molar-refractivity contribution in [2.24, 2.45) is 7.05 Å². The molecule has 2 N–H and O–H groups in total. The van der Waals surface area contributed by atoms with Crippen LogP contribution in [-0.2, 0) is 18.4 Å². The van der Waals surface area contributed by atoms with E-state index in [-0.39, 0.29) is 12.6 Å². The highest BCUT2D eigenvalue weighted by Crippen LogP contribution is 2.34. The molecule has 4 aromatic rings. The van der Waals surface area contributed by atoms with Crippen molar-refractivity contribution in [1.29, 1.82) is 0 Å². The van der Waals surface area contributed by atoms with E-state index in [1.54, 1.807) is 6.20 Å². The van der Waals surface area contributed by atoms with Crippen molar-refractivity contribution in [2.75, 3.05) is 0 Å². The van der Waals surface area contributed by atoms with Crippen LogP contribution in [0.5, 0.6) is 5.75 Å². The smallest absolute Gasteiger partial charge is 0.249 e. The lowest BCUT2D eigenvalue weighted by Crippen LogP contribution is -2.34. The number of halogens is 1. The number of pyridine rings is 1. The predicted molar refractivity (Wildman–Crippen MR) is 137 cm³/mol. The Labute approximate surface area is 209 Å². The highest BCUT2D eigenvalue weighted by atomic mass is 35.5. The van der Waals surface area contributed by atoms with Crippen LogP contribution in [-0.4, -0.2) is 31.9 Å². The van der Waals surface area contributed by atoms with Crippen molar-refractivity contribution in [3.05, 3.63) is 76.1 Å². The summed E-state index contributed by atoms with van der Waals surface area (Å²) in [6, 6.07) is 13.4. The summed E-state index contributed by atoms with van der Waals surface area (Å²) in [5, 5.41) is 18.3. The lowest BCUT2D eigenvalue weighted by atomic mass is 9.99. The number of ether oxygens (including phenoxy) is 1. The van der Waals surface area contributed by atoms with Gasteiger partial charge in [0.15, 0.2) is 0 Å². The molecule has 35 heavy (non-hydrogen) atoms. The van der Waals surface area contributed by atoms with Gasteiger partial charge in [-0.3, -0.25) is 9.48 Å². The monoisotopic (exact) mass is 492 g/mol. The molecule has 0 saturated heterocycles. The van der Waals surface area contributed by atoms with E-state index >= 15 is 0 Å². The minimum Gasteiger partial charge on any atom is -0.487 e. The second kappa shape index (κ2) is 10.1. The number of amides is 1. The molecule has 0 radical (unpaired) electrons. The van der Waals surface area contributed by atoms with Crippen LogP contribution in [0.3, 0.4) is 0 Å². The van der Waals surface area contributed by atoms with E-state index in [0.717, 1.165) is 44.5 Å². The molecule has 0 saturated carbocycles. The molecule has 7 nitrogen and oxygen atoms in total. The van der Waals surface area contributed by atoms with Crippen molar-refractivity contribution in [3.8, 4) is 17.0 Å². The predicted octanol–water partition coefficient (Wildman–Crippen LogP) is 5.04. The van der Waals surface area contributed by atoms with Crippen molar-refractivity contribution in [1.82, 2.24) is 20.1 Å². The van der Waals surface area contributed by atoms with Crippen LogP contribution in [0.15, 0.2) is 48.7 Å². The van der Waals surface area contributed by atoms with Crippen molar-refractivity contribution in [2.45, 2.75) is 46.4 Å². The number of aliphatic hydroxyl groups is 1. The summed E-state index contributed by atoms with van der Waals surface area (Å²) in [6.45, 7) is 7.39. The van der Waals surface area contributed by atoms with Gasteiger partial charge in [-0.15, -0.1) is 0 Å². The van der Waals surface area contributed by atoms with Gasteiger partial charge in [0.2, 0.25) is 5.91 Å². The van der Waals surface area contributed by atoms with Gasteiger partial charge in [-0.25, -0.2) is 4.98 Å². The molecular weight excluding hydrogens is 464 g/mol. The molecule has 2 aromatic heterocycles. The average Bonchev–Trinajstić information content (AvgIpc) is 3.23. The number of hydrogen-bond acceptors (Lipinski definition) is 5. The number of nitrogens with one attached hydrogen (secondary N) is 1. The molecule has 182 valence electrons. The summed E-state index contributed by atoms with van der Waals surface area (Å²) in [4.78, 5) is 16.8. The van der Waals surface area contributed by atoms with Crippen LogP contribution in [0, 0.1) is 13.8 Å². The Hall–Kier alpha value is -3.42. The largest absolute Gasteiger partial charge is 0.487 e. The summed E-state index contributed by atoms with van der Waals surface area (Å²) in [5.74, 6) is 0.191. The molecule has 0 spiro atoms. The number of hydrogen-bond donors (Lipinski definition) is 2. The molecular formula is C27H29ClN4O3. The summed E-state index contributed by atoms with van der Waals surface area (Å²) in [6.07, 6.45) is 0.673. The van der Waals surface area contributed by atoms with E-state index in [0.29, 0.717) is 10.8 Å². The molecule has 0 aliphatic carbocycles. The Balaban J connectivity index is 1.71. The molecule has 2 aromatic carbocycles. The molecule has 0 bridgehead atoms. The minimum absolute atomic E-state index is 0.194. The van der Waals surface area contributed by atoms with Gasteiger partial charge in [0.1, 0.15) is 24.0 Å². The number of fused-ring (bicyclic) bond motifs is 1. The molecule has 0 aliphatic rings. The third kappa shape index (κ3) is 5.16. The van der Waals surface area contributed by atoms with Gasteiger partial charge in [0.05, 0.1) is 11.7 Å². The molecule has 2 heterocycles. The third-order valence-electron chi connectivity index (χ3n) is 5.98. The van der Waals surface area contributed by atoms with Crippen molar-refractivity contribution >= 4 is 28.4 Å². The number of nitrogens with zero attached hydrogens (tertiary/aromatic N) is 3. The average molecular weight is 493 g/mol. The van der Waals surface area contributed by atoms with E-state index in [2.05, 4.69) is 10.4 Å². The van der Waals surface area contributed by atoms with Crippen LogP contribution >= 0.6 is 11.6 Å². The fraction of sp³-hybridized carbons (Fsp3) is 0.296. The first-order chi connectivity index (χ1) is 16.7. The van der Waals surface area contributed by atoms with E-state index in [1.807, 2.05) is 75.0 Å². The molecule has 0 unspecified atom stereocenters. The van der Waals surface area contributed by atoms with Crippen LogP contribution in [0.4, 0.5) is 0 Å². The topological polar surface area (TPSA) is 89.3 Å². The first-order valence-electron chi connectivity index (χ1n) is 11.4. The number of aliphatic hydroxyl groups excluding tert-OH is 1. The van der Waals surface area contributed by atoms with Gasteiger partial charge in [-0.2, -0.15) is 5.10 Å². The van der Waals surface area contributed by atoms with E-state index in [9.17, 15) is 9.90 Å². The minimum atomic E-state index is -1.10. The number of rotatable bonds is 7. The van der Waals surface area contributed by atoms with Gasteiger partial charge in [-0.1, -0.05) is 29.8 Å². The lowest BCUT2D eigenvalue weighted by molar-refractivity contribution is -0.129. The van der Waals surface area contributed by atoms with Gasteiger partial charge < -0.3 is 15.2 Å². The SMILES string of the molecule is Cc1cc(Cl)c(COc2cccc3c(-c4ccnn4C)cc(C)nc23)c([C@H](C)NC(=O)[C@H](C)O)c1. The Kier molecular flexibility index (Phi) is 7.10. The Morgan fingerprint density at radius 2 is 1.97 bits per heavy atom. The maximum absolute atomic E-state index is 12.1. The number of para-hydroxylation sites is 1. The Morgan fingerprint density at radius 3 is 2.66 bits per heavy atom. The summed E-state index contributed by atoms with van der Waals surface area (Å²) in [7, 11) is 1.91. The zero-order chi connectivity index (χ0) is 25.3. The first kappa shape index (κ1) is 24.7. The van der Waals surface area contributed by atoms with Gasteiger partial charge in [0.25, 0.3) is 0 Å². The third-order valence-corrected chi connectivity index (χ3v) is 6.32. The van der Waals surface area contributed by atoms with Crippen LogP contribution in [0.25, 0.3) is 22.2 Å². The standard InChI is InChI=1S/C27H29ClN4O3/c1-15-11-20(17(3)31-27(34)18(4)33)22(23(28)12-15)14-35-25-8-6-7-19-21(13-16(2)30-26(19)25)24-9-10-29-32(24)5/h6-13,17-18,33H,14H2,1-5H3,(H,31,34)/t17-,18-/m0/s1. The normalized spacial score (nSPS) is 13.0. The molecule has 4 rings (SSSR count). The van der Waals surface area contributed by atoms with Gasteiger partial charge >= 0.3 is 0 Å². The molecule has 0 aliphatic heterocycles. The number of carbonyl (C=O) groups is 1. The second-order valence-electron chi connectivity index (χ2n) is 8.81. The molecule has 0 fully saturated rings. The van der Waals surface area contributed by atoms with E-state index in [1.165, 1.54) is 6.92 Å². The zero-order valence-electron chi connectivity index (χ0n) is 20.5. The Bertz CT molecular complexity index is 1400. The highest BCUT2D eigenvalue weighted by molar-refractivity contribution is 6.31. The van der Waals surface area contributed by atoms with Gasteiger partial charge in [0, 0.05) is 40.5 Å². The van der Waals surface area contributed by atoms with E-state index in [4.69, 9.17) is 21.3 Å². The quantitative estimate of drug-likeness (QED) is 0.377. The lowest BCUT2D eigenvalue weighted by Gasteiger charge is -2.21. The van der Waals surface area contributed by atoms with E-state index < -0.39 is 12.0 Å². The molecule has 2 atom stereocenters. The number of carbonyl (C=O) groups excluding carboxylic acids is 1. The van der Waals surface area contributed by atoms with Crippen LogP contribution in [0.2, 0.25) is 5.02 Å². The maximum Gasteiger partial charge on any atom is 0.249 e. The fourth-order valence-corrected chi connectivity index (χ4v) is 4.55. The van der Waals surface area contributed by atoms with Crippen LogP contribution in [0.1, 0.15) is 42.3 Å². The summed E-state index contributed by atoms with van der Waals surface area (Å²) >= 11 is 6.63. The molecule has 1 amide bonds.